The van der Waals surface area contributed by atoms with Crippen LogP contribution < -0.4 is 4.57 Å². The molecule has 0 amide bonds. The second kappa shape index (κ2) is 7.29. The molecule has 0 atom stereocenters. The maximum atomic E-state index is 7.83. The molecule has 1 aliphatic rings. The highest BCUT2D eigenvalue weighted by Gasteiger charge is 2.27. The Morgan fingerprint density at radius 2 is 1.80 bits per heavy atom. The van der Waals surface area contributed by atoms with Crippen LogP contribution in [0.5, 0.6) is 0 Å². The first-order chi connectivity index (χ1) is 14.6. The fraction of sp³-hybridized carbons (Fsp3) is 0.333. The number of nitrogens with zero attached hydrogens (tertiary/aromatic N) is 2. The summed E-state index contributed by atoms with van der Waals surface area (Å²) in [6.45, 7) is 12.1. The molecule has 5 rings (SSSR count). The number of furan rings is 1. The Morgan fingerprint density at radius 3 is 2.53 bits per heavy atom. The zero-order chi connectivity index (χ0) is 20.8. The predicted octanol–water partition coefficient (Wildman–Crippen LogP) is 7.29. The van der Waals surface area contributed by atoms with E-state index in [1.807, 2.05) is 6.07 Å². The molecule has 150 valence electrons. The maximum Gasteiger partial charge on any atom is 0.216 e. The highest BCUT2D eigenvalue weighted by molar-refractivity contribution is 6.13. The summed E-state index contributed by atoms with van der Waals surface area (Å²) in [7, 11) is 2.08. The first kappa shape index (κ1) is 18.9. The molecule has 0 N–H and O–H groups in total. The normalized spacial score (nSPS) is 15.0. The van der Waals surface area contributed by atoms with E-state index in [9.17, 15) is 0 Å². The minimum absolute atomic E-state index is 0.420. The third kappa shape index (κ3) is 2.82. The average Bonchev–Trinajstić information content (AvgIpc) is 3.14. The molecule has 1 saturated carbocycles. The first-order valence-corrected chi connectivity index (χ1v) is 10.9. The van der Waals surface area contributed by atoms with E-state index in [-0.39, 0.29) is 0 Å². The summed E-state index contributed by atoms with van der Waals surface area (Å²) in [6, 6.07) is 12.7. The van der Waals surface area contributed by atoms with Crippen molar-refractivity contribution in [3.63, 3.8) is 0 Å². The van der Waals surface area contributed by atoms with Crippen LogP contribution in [0.1, 0.15) is 54.7 Å². The summed E-state index contributed by atoms with van der Waals surface area (Å²) in [5.74, 6) is 0.420. The molecule has 0 bridgehead atoms. The summed E-state index contributed by atoms with van der Waals surface area (Å²) in [5.41, 5.74) is 8.40. The van der Waals surface area contributed by atoms with E-state index in [4.69, 9.17) is 11.0 Å². The van der Waals surface area contributed by atoms with Gasteiger partial charge in [0.05, 0.1) is 12.1 Å². The molecule has 3 nitrogen and oxygen atoms in total. The molecule has 0 unspecified atom stereocenters. The second-order valence-electron chi connectivity index (χ2n) is 8.71. The molecule has 2 aromatic carbocycles. The Balaban J connectivity index is 1.90. The molecule has 2 heterocycles. The Bertz CT molecular complexity index is 1320. The molecule has 2 aromatic heterocycles. The van der Waals surface area contributed by atoms with Crippen molar-refractivity contribution >= 4 is 27.6 Å². The highest BCUT2D eigenvalue weighted by atomic mass is 16.3. The summed E-state index contributed by atoms with van der Waals surface area (Å²) in [4.78, 5) is 3.92. The van der Waals surface area contributed by atoms with Crippen molar-refractivity contribution in [3.8, 4) is 11.3 Å². The van der Waals surface area contributed by atoms with Crippen LogP contribution >= 0.6 is 0 Å². The smallest absolute Gasteiger partial charge is 0.216 e. The van der Waals surface area contributed by atoms with Gasteiger partial charge in [-0.1, -0.05) is 37.5 Å². The Kier molecular flexibility index (Phi) is 4.59. The van der Waals surface area contributed by atoms with Crippen molar-refractivity contribution in [2.75, 3.05) is 0 Å². The van der Waals surface area contributed by atoms with Gasteiger partial charge in [0.1, 0.15) is 18.2 Å². The van der Waals surface area contributed by atoms with Gasteiger partial charge in [-0.3, -0.25) is 0 Å². The molecule has 4 aromatic rings. The van der Waals surface area contributed by atoms with Crippen LogP contribution in [0, 0.1) is 20.4 Å². The van der Waals surface area contributed by atoms with E-state index < -0.39 is 0 Å². The van der Waals surface area contributed by atoms with Gasteiger partial charge >= 0.3 is 0 Å². The highest BCUT2D eigenvalue weighted by Crippen LogP contribution is 2.47. The van der Waals surface area contributed by atoms with Crippen LogP contribution in [0.25, 0.3) is 38.0 Å². The fourth-order valence-electron chi connectivity index (χ4n) is 5.29. The predicted molar refractivity (Wildman–Crippen MR) is 122 cm³/mol. The zero-order valence-electron chi connectivity index (χ0n) is 18.0. The van der Waals surface area contributed by atoms with Gasteiger partial charge in [0.15, 0.2) is 11.9 Å². The minimum Gasteiger partial charge on any atom is -0.456 e. The minimum atomic E-state index is 0.420. The molecule has 1 fully saturated rings. The zero-order valence-corrected chi connectivity index (χ0v) is 18.0. The largest absolute Gasteiger partial charge is 0.456 e. The van der Waals surface area contributed by atoms with E-state index in [1.165, 1.54) is 30.2 Å². The Morgan fingerprint density at radius 1 is 1.00 bits per heavy atom. The number of aromatic nitrogens is 1. The van der Waals surface area contributed by atoms with E-state index in [0.717, 1.165) is 57.5 Å². The lowest BCUT2D eigenvalue weighted by Gasteiger charge is -2.23. The summed E-state index contributed by atoms with van der Waals surface area (Å²) < 4.78 is 8.87. The molecule has 30 heavy (non-hydrogen) atoms. The monoisotopic (exact) mass is 395 g/mol. The van der Waals surface area contributed by atoms with Crippen LogP contribution in [0.3, 0.4) is 0 Å². The number of hydrogen-bond acceptors (Lipinski definition) is 1. The Labute approximate surface area is 177 Å². The van der Waals surface area contributed by atoms with Gasteiger partial charge < -0.3 is 4.42 Å². The van der Waals surface area contributed by atoms with Gasteiger partial charge in [-0.25, -0.2) is 9.41 Å². The van der Waals surface area contributed by atoms with Gasteiger partial charge in [-0.15, -0.1) is 0 Å². The van der Waals surface area contributed by atoms with E-state index in [2.05, 4.69) is 66.8 Å². The van der Waals surface area contributed by atoms with Crippen molar-refractivity contribution in [3.05, 3.63) is 70.7 Å². The van der Waals surface area contributed by atoms with E-state index >= 15 is 0 Å². The lowest BCUT2D eigenvalue weighted by molar-refractivity contribution is -0.660. The first-order valence-electron chi connectivity index (χ1n) is 10.9. The van der Waals surface area contributed by atoms with Gasteiger partial charge in [0.2, 0.25) is 5.69 Å². The molecular formula is C27H27N2O+. The van der Waals surface area contributed by atoms with Crippen LogP contribution in [0.15, 0.2) is 47.0 Å². The van der Waals surface area contributed by atoms with Crippen molar-refractivity contribution in [1.82, 2.24) is 0 Å². The fourth-order valence-corrected chi connectivity index (χ4v) is 5.29. The number of aryl methyl sites for hydroxylation is 3. The molecule has 3 heteroatoms. The average molecular weight is 396 g/mol. The van der Waals surface area contributed by atoms with Gasteiger partial charge in [-0.05, 0) is 49.8 Å². The third-order valence-electron chi connectivity index (χ3n) is 6.78. The molecular weight excluding hydrogens is 368 g/mol. The lowest BCUT2D eigenvalue weighted by atomic mass is 9.82. The number of rotatable bonds is 2. The summed E-state index contributed by atoms with van der Waals surface area (Å²) >= 11 is 0. The number of fused-ring (bicyclic) bond motifs is 3. The van der Waals surface area contributed by atoms with Crippen LogP contribution in [0.4, 0.5) is 5.69 Å². The second-order valence-corrected chi connectivity index (χ2v) is 8.71. The van der Waals surface area contributed by atoms with E-state index in [0.29, 0.717) is 5.92 Å². The number of benzene rings is 2. The van der Waals surface area contributed by atoms with Gasteiger partial charge in [-0.2, -0.15) is 0 Å². The van der Waals surface area contributed by atoms with Gasteiger partial charge in [0.25, 0.3) is 0 Å². The molecule has 0 aliphatic heterocycles. The molecule has 1 aliphatic carbocycles. The van der Waals surface area contributed by atoms with Crippen LogP contribution in [0.2, 0.25) is 0 Å². The maximum absolute atomic E-state index is 7.83. The molecule has 0 radical (unpaired) electrons. The van der Waals surface area contributed by atoms with Crippen molar-refractivity contribution in [1.29, 1.82) is 0 Å². The quantitative estimate of drug-likeness (QED) is 0.258. The number of hydrogen-bond donors (Lipinski definition) is 0. The number of pyridine rings is 1. The topological polar surface area (TPSA) is 21.4 Å². The molecule has 0 spiro atoms. The van der Waals surface area contributed by atoms with Crippen LogP contribution in [-0.2, 0) is 7.05 Å². The standard InChI is InChI=1S/C27H27N2O/c1-17-13-14-20-23-18(2)16-21(28-3)25(19-10-6-5-7-11-19)27(23)30-26(20)24(17)22-12-8-9-15-29(22)4/h8-9,12-16,19H,5-7,10-11H2,1-2,4H3/q+1. The van der Waals surface area contributed by atoms with Crippen molar-refractivity contribution in [2.24, 2.45) is 7.05 Å². The Hall–Kier alpha value is -3.12. The lowest BCUT2D eigenvalue weighted by Crippen LogP contribution is -2.30. The van der Waals surface area contributed by atoms with Crippen molar-refractivity contribution in [2.45, 2.75) is 51.9 Å². The SMILES string of the molecule is [C-]#[N+]c1cc(C)c2c(oc3c(-c4cccc[n+]4C)c(C)ccc32)c1C1CCCCC1. The summed E-state index contributed by atoms with van der Waals surface area (Å²) in [6.07, 6.45) is 8.15. The molecule has 0 saturated heterocycles. The van der Waals surface area contributed by atoms with Gasteiger partial charge in [0, 0.05) is 28.5 Å². The van der Waals surface area contributed by atoms with E-state index in [1.54, 1.807) is 0 Å². The summed E-state index contributed by atoms with van der Waals surface area (Å²) in [5, 5.41) is 2.33. The van der Waals surface area contributed by atoms with Crippen molar-refractivity contribution < 1.29 is 8.98 Å². The van der Waals surface area contributed by atoms with Crippen LogP contribution in [-0.4, -0.2) is 0 Å². The third-order valence-corrected chi connectivity index (χ3v) is 6.78.